The Morgan fingerprint density at radius 3 is 2.62 bits per heavy atom. The number of rotatable bonds is 5. The van der Waals surface area contributed by atoms with Gasteiger partial charge in [-0.1, -0.05) is 26.0 Å². The maximum absolute atomic E-state index is 11.0. The van der Waals surface area contributed by atoms with Crippen LogP contribution in [0.5, 0.6) is 0 Å². The Balaban J connectivity index is 2.26. The number of carbonyl (C=O) groups is 1. The number of hydrogen-bond donors (Lipinski definition) is 0. The first-order chi connectivity index (χ1) is 7.72. The summed E-state index contributed by atoms with van der Waals surface area (Å²) in [6.07, 6.45) is 3.49. The Labute approximate surface area is 97.3 Å². The van der Waals surface area contributed by atoms with E-state index in [9.17, 15) is 4.79 Å². The Morgan fingerprint density at radius 1 is 1.38 bits per heavy atom. The zero-order chi connectivity index (χ0) is 11.5. The van der Waals surface area contributed by atoms with E-state index in [0.29, 0.717) is 12.0 Å². The normalized spacial score (nSPS) is 15.2. The highest BCUT2D eigenvalue weighted by atomic mass is 16.1. The third-order valence-electron chi connectivity index (χ3n) is 2.92. The van der Waals surface area contributed by atoms with E-state index in [-0.39, 0.29) is 0 Å². The summed E-state index contributed by atoms with van der Waals surface area (Å²) in [5.41, 5.74) is 1.92. The molecule has 0 spiro atoms. The first-order valence-corrected chi connectivity index (χ1v) is 6.03. The molecule has 0 radical (unpaired) electrons. The summed E-state index contributed by atoms with van der Waals surface area (Å²) in [4.78, 5) is 13.4. The number of para-hydroxylation sites is 1. The third kappa shape index (κ3) is 2.43. The summed E-state index contributed by atoms with van der Waals surface area (Å²) in [7, 11) is 0. The molecule has 86 valence electrons. The van der Waals surface area contributed by atoms with E-state index in [2.05, 4.69) is 24.8 Å². The van der Waals surface area contributed by atoms with Gasteiger partial charge in [0.05, 0.1) is 0 Å². The van der Waals surface area contributed by atoms with Crippen LogP contribution in [0.4, 0.5) is 5.69 Å². The van der Waals surface area contributed by atoms with Crippen molar-refractivity contribution in [3.63, 3.8) is 0 Å². The van der Waals surface area contributed by atoms with Crippen molar-refractivity contribution in [2.24, 2.45) is 5.92 Å². The molecular formula is C14H19NO. The Hall–Kier alpha value is -1.31. The summed E-state index contributed by atoms with van der Waals surface area (Å²) >= 11 is 0. The number of benzene rings is 1. The van der Waals surface area contributed by atoms with Crippen LogP contribution in [0.2, 0.25) is 0 Å². The molecule has 2 rings (SSSR count). The van der Waals surface area contributed by atoms with Gasteiger partial charge in [-0.2, -0.15) is 0 Å². The van der Waals surface area contributed by atoms with Crippen LogP contribution in [0.25, 0.3) is 0 Å². The summed E-state index contributed by atoms with van der Waals surface area (Å²) in [5.74, 6) is 0.625. The molecular weight excluding hydrogens is 198 g/mol. The number of hydrogen-bond acceptors (Lipinski definition) is 2. The summed E-state index contributed by atoms with van der Waals surface area (Å²) < 4.78 is 0. The van der Waals surface area contributed by atoms with Crippen LogP contribution < -0.4 is 4.90 Å². The van der Waals surface area contributed by atoms with Gasteiger partial charge in [-0.05, 0) is 30.9 Å². The first-order valence-electron chi connectivity index (χ1n) is 6.03. The molecule has 0 amide bonds. The van der Waals surface area contributed by atoms with Gasteiger partial charge >= 0.3 is 0 Å². The Morgan fingerprint density at radius 2 is 2.06 bits per heavy atom. The molecule has 0 aromatic heterocycles. The molecule has 1 aliphatic carbocycles. The number of aldehydes is 1. The predicted molar refractivity (Wildman–Crippen MR) is 67.0 cm³/mol. The Bertz CT molecular complexity index is 369. The number of carbonyl (C=O) groups excluding carboxylic acids is 1. The van der Waals surface area contributed by atoms with Crippen molar-refractivity contribution in [3.05, 3.63) is 29.8 Å². The standard InChI is InChI=1S/C14H19NO/c1-11(2)9-15(13-7-8-13)14-6-4-3-5-12(14)10-16/h3-6,10-11,13H,7-9H2,1-2H3. The molecule has 0 unspecified atom stereocenters. The second kappa shape index (κ2) is 4.69. The lowest BCUT2D eigenvalue weighted by molar-refractivity contribution is 0.112. The summed E-state index contributed by atoms with van der Waals surface area (Å²) in [6, 6.07) is 8.55. The molecule has 0 atom stereocenters. The lowest BCUT2D eigenvalue weighted by atomic mass is 10.1. The van der Waals surface area contributed by atoms with E-state index in [1.807, 2.05) is 18.2 Å². The molecule has 2 heteroatoms. The van der Waals surface area contributed by atoms with Gasteiger partial charge in [0.1, 0.15) is 0 Å². The van der Waals surface area contributed by atoms with Gasteiger partial charge in [-0.15, -0.1) is 0 Å². The highest BCUT2D eigenvalue weighted by Crippen LogP contribution is 2.33. The van der Waals surface area contributed by atoms with Crippen molar-refractivity contribution < 1.29 is 4.79 Å². The smallest absolute Gasteiger partial charge is 0.152 e. The van der Waals surface area contributed by atoms with Crippen LogP contribution in [0.3, 0.4) is 0 Å². The van der Waals surface area contributed by atoms with Gasteiger partial charge in [0.2, 0.25) is 0 Å². The van der Waals surface area contributed by atoms with Gasteiger partial charge in [0, 0.05) is 23.8 Å². The van der Waals surface area contributed by atoms with Gasteiger partial charge < -0.3 is 4.90 Å². The van der Waals surface area contributed by atoms with E-state index in [4.69, 9.17) is 0 Å². The van der Waals surface area contributed by atoms with Crippen molar-refractivity contribution in [2.45, 2.75) is 32.7 Å². The molecule has 1 aromatic carbocycles. The van der Waals surface area contributed by atoms with Gasteiger partial charge in [-0.25, -0.2) is 0 Å². The van der Waals surface area contributed by atoms with Crippen LogP contribution in [0, 0.1) is 5.92 Å². The van der Waals surface area contributed by atoms with Gasteiger partial charge in [-0.3, -0.25) is 4.79 Å². The monoisotopic (exact) mass is 217 g/mol. The second-order valence-electron chi connectivity index (χ2n) is 4.95. The average molecular weight is 217 g/mol. The summed E-state index contributed by atoms with van der Waals surface area (Å²) in [6.45, 7) is 5.48. The molecule has 0 saturated heterocycles. The molecule has 0 N–H and O–H groups in total. The fourth-order valence-electron chi connectivity index (χ4n) is 2.07. The highest BCUT2D eigenvalue weighted by molar-refractivity contribution is 5.84. The largest absolute Gasteiger partial charge is 0.368 e. The average Bonchev–Trinajstić information content (AvgIpc) is 3.09. The fourth-order valence-corrected chi connectivity index (χ4v) is 2.07. The Kier molecular flexibility index (Phi) is 3.28. The maximum Gasteiger partial charge on any atom is 0.152 e. The number of anilines is 1. The SMILES string of the molecule is CC(C)CN(c1ccccc1C=O)C1CC1. The van der Waals surface area contributed by atoms with E-state index in [0.717, 1.165) is 24.1 Å². The molecule has 1 fully saturated rings. The molecule has 1 aromatic rings. The van der Waals surface area contributed by atoms with Crippen molar-refractivity contribution in [2.75, 3.05) is 11.4 Å². The van der Waals surface area contributed by atoms with Crippen LogP contribution in [0.15, 0.2) is 24.3 Å². The third-order valence-corrected chi connectivity index (χ3v) is 2.92. The molecule has 1 aliphatic rings. The second-order valence-corrected chi connectivity index (χ2v) is 4.95. The van der Waals surface area contributed by atoms with Crippen molar-refractivity contribution in [1.29, 1.82) is 0 Å². The minimum Gasteiger partial charge on any atom is -0.368 e. The number of nitrogens with zero attached hydrogens (tertiary/aromatic N) is 1. The summed E-state index contributed by atoms with van der Waals surface area (Å²) in [5, 5.41) is 0. The van der Waals surface area contributed by atoms with Crippen LogP contribution >= 0.6 is 0 Å². The molecule has 1 saturated carbocycles. The molecule has 16 heavy (non-hydrogen) atoms. The lowest BCUT2D eigenvalue weighted by Gasteiger charge is -2.27. The molecule has 2 nitrogen and oxygen atoms in total. The van der Waals surface area contributed by atoms with E-state index in [1.165, 1.54) is 12.8 Å². The van der Waals surface area contributed by atoms with Gasteiger partial charge in [0.15, 0.2) is 6.29 Å². The van der Waals surface area contributed by atoms with Crippen LogP contribution in [-0.2, 0) is 0 Å². The van der Waals surface area contributed by atoms with E-state index < -0.39 is 0 Å². The van der Waals surface area contributed by atoms with E-state index >= 15 is 0 Å². The predicted octanol–water partition coefficient (Wildman–Crippen LogP) is 3.12. The zero-order valence-corrected chi connectivity index (χ0v) is 10.0. The van der Waals surface area contributed by atoms with Crippen molar-refractivity contribution in [3.8, 4) is 0 Å². The van der Waals surface area contributed by atoms with Crippen LogP contribution in [-0.4, -0.2) is 18.9 Å². The minimum atomic E-state index is 0.625. The topological polar surface area (TPSA) is 20.3 Å². The lowest BCUT2D eigenvalue weighted by Crippen LogP contribution is -2.30. The van der Waals surface area contributed by atoms with Crippen molar-refractivity contribution in [1.82, 2.24) is 0 Å². The quantitative estimate of drug-likeness (QED) is 0.706. The zero-order valence-electron chi connectivity index (χ0n) is 10.0. The molecule has 0 aliphatic heterocycles. The maximum atomic E-state index is 11.0. The highest BCUT2D eigenvalue weighted by Gasteiger charge is 2.30. The first kappa shape index (κ1) is 11.2. The van der Waals surface area contributed by atoms with E-state index in [1.54, 1.807) is 0 Å². The fraction of sp³-hybridized carbons (Fsp3) is 0.500. The van der Waals surface area contributed by atoms with Crippen LogP contribution in [0.1, 0.15) is 37.0 Å². The minimum absolute atomic E-state index is 0.625. The molecule has 0 heterocycles. The van der Waals surface area contributed by atoms with Crippen molar-refractivity contribution >= 4 is 12.0 Å². The van der Waals surface area contributed by atoms with Gasteiger partial charge in [0.25, 0.3) is 0 Å². The molecule has 0 bridgehead atoms.